The Bertz CT molecular complexity index is 734. The van der Waals surface area contributed by atoms with Gasteiger partial charge in [-0.05, 0) is 37.0 Å². The highest BCUT2D eigenvalue weighted by atomic mass is 16.5. The van der Waals surface area contributed by atoms with Gasteiger partial charge in [0.1, 0.15) is 29.3 Å². The van der Waals surface area contributed by atoms with E-state index in [0.29, 0.717) is 24.2 Å². The Morgan fingerprint density at radius 2 is 1.81 bits per heavy atom. The van der Waals surface area contributed by atoms with Crippen LogP contribution in [-0.2, 0) is 9.53 Å². The number of hydrogen-bond donors (Lipinski definition) is 2. The van der Waals surface area contributed by atoms with Crippen molar-refractivity contribution in [3.05, 3.63) is 41.5 Å². The molecule has 1 aliphatic rings. The number of hydrogen-bond acceptors (Lipinski definition) is 6. The Morgan fingerprint density at radius 1 is 1.12 bits per heavy atom. The van der Waals surface area contributed by atoms with Gasteiger partial charge in [0.15, 0.2) is 5.78 Å². The zero-order chi connectivity index (χ0) is 19.3. The lowest BCUT2D eigenvalue weighted by atomic mass is 9.95. The number of aliphatic hydroxyl groups is 1. The number of methoxy groups -OCH3 is 1. The van der Waals surface area contributed by atoms with Crippen LogP contribution in [0.15, 0.2) is 30.4 Å². The second-order valence-corrected chi connectivity index (χ2v) is 6.43. The summed E-state index contributed by atoms with van der Waals surface area (Å²) in [5.74, 6) is -1.15. The molecule has 0 spiro atoms. The van der Waals surface area contributed by atoms with Gasteiger partial charge in [0.25, 0.3) is 0 Å². The van der Waals surface area contributed by atoms with Crippen LogP contribution in [-0.4, -0.2) is 41.3 Å². The number of ether oxygens (including phenoxy) is 2. The van der Waals surface area contributed by atoms with Crippen molar-refractivity contribution in [2.45, 2.75) is 38.9 Å². The number of aromatic hydroxyl groups is 1. The number of cyclic esters (lactones) is 1. The van der Waals surface area contributed by atoms with E-state index in [1.54, 1.807) is 38.1 Å². The molecular weight excluding hydrogens is 336 g/mol. The van der Waals surface area contributed by atoms with E-state index in [2.05, 4.69) is 0 Å². The van der Waals surface area contributed by atoms with Crippen LogP contribution in [0.2, 0.25) is 0 Å². The number of carbonyl (C=O) groups is 2. The highest BCUT2D eigenvalue weighted by Gasteiger charge is 2.22. The van der Waals surface area contributed by atoms with Crippen LogP contribution in [0.5, 0.6) is 11.5 Å². The molecule has 26 heavy (non-hydrogen) atoms. The smallest absolute Gasteiger partial charge is 0.342 e. The maximum Gasteiger partial charge on any atom is 0.342 e. The number of benzene rings is 1. The summed E-state index contributed by atoms with van der Waals surface area (Å²) in [4.78, 5) is 24.5. The Kier molecular flexibility index (Phi) is 6.58. The van der Waals surface area contributed by atoms with E-state index < -0.39 is 18.2 Å². The van der Waals surface area contributed by atoms with E-state index in [4.69, 9.17) is 9.47 Å². The molecule has 0 radical (unpaired) electrons. The average molecular weight is 360 g/mol. The van der Waals surface area contributed by atoms with Gasteiger partial charge in [-0.2, -0.15) is 0 Å². The van der Waals surface area contributed by atoms with E-state index in [0.717, 1.165) is 0 Å². The summed E-state index contributed by atoms with van der Waals surface area (Å²) in [6.45, 7) is 3.46. The van der Waals surface area contributed by atoms with Crippen molar-refractivity contribution >= 4 is 17.8 Å². The minimum atomic E-state index is -1.10. The van der Waals surface area contributed by atoms with Gasteiger partial charge in [-0.15, -0.1) is 0 Å². The fourth-order valence-electron chi connectivity index (χ4n) is 2.68. The number of phenols is 1. The molecule has 0 unspecified atom stereocenters. The molecule has 2 N–H and O–H groups in total. The van der Waals surface area contributed by atoms with Crippen molar-refractivity contribution in [2.75, 3.05) is 7.11 Å². The van der Waals surface area contributed by atoms with E-state index in [-0.39, 0.29) is 23.0 Å². The number of allylic oxidation sites excluding steroid dienone is 1. The quantitative estimate of drug-likeness (QED) is 0.748. The summed E-state index contributed by atoms with van der Waals surface area (Å²) >= 11 is 0. The largest absolute Gasteiger partial charge is 0.507 e. The van der Waals surface area contributed by atoms with Gasteiger partial charge in [-0.25, -0.2) is 4.79 Å². The summed E-state index contributed by atoms with van der Waals surface area (Å²) in [7, 11) is 1.46. The lowest BCUT2D eigenvalue weighted by molar-refractivity contribution is -0.124. The molecule has 0 aliphatic carbocycles. The lowest BCUT2D eigenvalue weighted by Crippen LogP contribution is -2.26. The third-order valence-corrected chi connectivity index (χ3v) is 4.26. The minimum absolute atomic E-state index is 0.0548. The standard InChI is InChI=1S/C20H24O6/c1-12-6-4-8-14-10-15(25-3)11-17(22)18(14)20(24)26-13(2)7-5-9-16(21)19(12)23/h4-5,8-13,19,22-23H,6-7H2,1-3H3/b8-4+,9-5-/t12-,13-,19-/m0/s1. The molecule has 1 aliphatic heterocycles. The lowest BCUT2D eigenvalue weighted by Gasteiger charge is -2.17. The zero-order valence-corrected chi connectivity index (χ0v) is 15.1. The first kappa shape index (κ1) is 19.7. The van der Waals surface area contributed by atoms with Crippen LogP contribution in [0.4, 0.5) is 0 Å². The van der Waals surface area contributed by atoms with Crippen LogP contribution in [0.3, 0.4) is 0 Å². The van der Waals surface area contributed by atoms with Crippen LogP contribution < -0.4 is 4.74 Å². The third-order valence-electron chi connectivity index (χ3n) is 4.26. The first-order valence-corrected chi connectivity index (χ1v) is 8.50. The highest BCUT2D eigenvalue weighted by Crippen LogP contribution is 2.30. The number of rotatable bonds is 1. The first-order valence-electron chi connectivity index (χ1n) is 8.50. The molecule has 0 aromatic heterocycles. The molecule has 140 valence electrons. The van der Waals surface area contributed by atoms with Crippen LogP contribution in [0, 0.1) is 5.92 Å². The molecule has 1 heterocycles. The van der Waals surface area contributed by atoms with Crippen LogP contribution >= 0.6 is 0 Å². The number of ketones is 1. The third kappa shape index (κ3) is 4.73. The molecule has 0 bridgehead atoms. The van der Waals surface area contributed by atoms with Crippen LogP contribution in [0.1, 0.15) is 42.6 Å². The summed E-state index contributed by atoms with van der Waals surface area (Å²) in [6.07, 6.45) is 5.43. The van der Waals surface area contributed by atoms with Crippen molar-refractivity contribution < 1.29 is 29.3 Å². The molecule has 0 saturated carbocycles. The molecule has 6 nitrogen and oxygen atoms in total. The molecule has 0 fully saturated rings. The maximum atomic E-state index is 12.5. The molecule has 0 amide bonds. The van der Waals surface area contributed by atoms with Gasteiger partial charge in [0, 0.05) is 12.5 Å². The Hall–Kier alpha value is -2.60. The fraction of sp³-hybridized carbons (Fsp3) is 0.400. The highest BCUT2D eigenvalue weighted by molar-refractivity contribution is 5.97. The molecule has 3 atom stereocenters. The second-order valence-electron chi connectivity index (χ2n) is 6.43. The second kappa shape index (κ2) is 8.67. The van der Waals surface area contributed by atoms with Crippen molar-refractivity contribution in [1.82, 2.24) is 0 Å². The van der Waals surface area contributed by atoms with Gasteiger partial charge < -0.3 is 19.7 Å². The Labute approximate surface area is 152 Å². The van der Waals surface area contributed by atoms with Crippen molar-refractivity contribution in [3.63, 3.8) is 0 Å². The Morgan fingerprint density at radius 3 is 2.50 bits per heavy atom. The van der Waals surface area contributed by atoms with E-state index in [1.807, 2.05) is 0 Å². The van der Waals surface area contributed by atoms with Gasteiger partial charge in [0.05, 0.1) is 7.11 Å². The maximum absolute atomic E-state index is 12.5. The van der Waals surface area contributed by atoms with Crippen LogP contribution in [0.25, 0.3) is 6.08 Å². The Balaban J connectivity index is 2.45. The molecule has 0 saturated heterocycles. The average Bonchev–Trinajstić information content (AvgIpc) is 2.59. The fourth-order valence-corrected chi connectivity index (χ4v) is 2.68. The van der Waals surface area contributed by atoms with E-state index in [1.165, 1.54) is 19.3 Å². The summed E-state index contributed by atoms with van der Waals surface area (Å²) in [6, 6.07) is 2.97. The summed E-state index contributed by atoms with van der Waals surface area (Å²) in [5.41, 5.74) is 0.499. The molecule has 1 aromatic rings. The van der Waals surface area contributed by atoms with Gasteiger partial charge >= 0.3 is 5.97 Å². The van der Waals surface area contributed by atoms with Gasteiger partial charge in [-0.3, -0.25) is 4.79 Å². The van der Waals surface area contributed by atoms with Gasteiger partial charge in [0.2, 0.25) is 0 Å². The molecule has 2 rings (SSSR count). The van der Waals surface area contributed by atoms with Crippen molar-refractivity contribution in [1.29, 1.82) is 0 Å². The predicted octanol–water partition coefficient (Wildman–Crippen LogP) is 2.88. The minimum Gasteiger partial charge on any atom is -0.507 e. The van der Waals surface area contributed by atoms with Crippen molar-refractivity contribution in [2.24, 2.45) is 5.92 Å². The van der Waals surface area contributed by atoms with Gasteiger partial charge in [-0.1, -0.05) is 25.2 Å². The number of esters is 1. The normalized spacial score (nSPS) is 27.0. The monoisotopic (exact) mass is 360 g/mol. The summed E-state index contributed by atoms with van der Waals surface area (Å²) in [5, 5.41) is 20.4. The molecular formula is C20H24O6. The predicted molar refractivity (Wildman–Crippen MR) is 97.1 cm³/mol. The number of carbonyl (C=O) groups excluding carboxylic acids is 2. The summed E-state index contributed by atoms with van der Waals surface area (Å²) < 4.78 is 10.5. The van der Waals surface area contributed by atoms with E-state index >= 15 is 0 Å². The zero-order valence-electron chi connectivity index (χ0n) is 15.1. The number of aliphatic hydroxyl groups excluding tert-OH is 1. The molecule has 6 heteroatoms. The molecule has 1 aromatic carbocycles. The SMILES string of the molecule is COc1cc(O)c2c(c1)/C=C/C[C@H](C)[C@H](O)C(=O)/C=C\C[C@H](C)OC2=O. The topological polar surface area (TPSA) is 93.1 Å². The first-order chi connectivity index (χ1) is 12.3. The van der Waals surface area contributed by atoms with Crippen molar-refractivity contribution in [3.8, 4) is 11.5 Å². The van der Waals surface area contributed by atoms with E-state index in [9.17, 15) is 19.8 Å². The number of phenolic OH excluding ortho intramolecular Hbond substituents is 1. The number of fused-ring (bicyclic) bond motifs is 1.